The number of carbonyl (C=O) groups is 1. The van der Waals surface area contributed by atoms with Gasteiger partial charge in [-0.15, -0.1) is 0 Å². The normalized spacial score (nSPS) is 10.9. The summed E-state index contributed by atoms with van der Waals surface area (Å²) in [6.45, 7) is 5.55. The van der Waals surface area contributed by atoms with E-state index in [1.807, 2.05) is 13.8 Å². The van der Waals surface area contributed by atoms with Crippen LogP contribution in [0.1, 0.15) is 24.2 Å². The molecule has 0 fully saturated rings. The molecule has 0 unspecified atom stereocenters. The highest BCUT2D eigenvalue weighted by Gasteiger charge is 2.05. The van der Waals surface area contributed by atoms with Gasteiger partial charge in [0.1, 0.15) is 0 Å². The van der Waals surface area contributed by atoms with Crippen LogP contribution in [0.5, 0.6) is 0 Å². The van der Waals surface area contributed by atoms with Crippen molar-refractivity contribution in [1.82, 2.24) is 24.9 Å². The zero-order chi connectivity index (χ0) is 16.1. The molecule has 0 saturated carbocycles. The van der Waals surface area contributed by atoms with Crippen molar-refractivity contribution in [1.29, 1.82) is 0 Å². The number of hydrogen-bond donors (Lipinski definition) is 1. The Balaban J connectivity index is 1.63. The molecule has 0 bridgehead atoms. The number of amides is 1. The summed E-state index contributed by atoms with van der Waals surface area (Å²) in [6.07, 6.45) is 4.70. The van der Waals surface area contributed by atoms with Crippen LogP contribution >= 0.6 is 23.2 Å². The number of aryl methyl sites for hydroxylation is 4. The van der Waals surface area contributed by atoms with Gasteiger partial charge in [-0.05, 0) is 20.3 Å². The van der Waals surface area contributed by atoms with Crippen LogP contribution in [0, 0.1) is 13.8 Å². The summed E-state index contributed by atoms with van der Waals surface area (Å²) in [6, 6.07) is 0. The van der Waals surface area contributed by atoms with Crippen molar-refractivity contribution in [2.45, 2.75) is 39.8 Å². The molecule has 0 spiro atoms. The maximum atomic E-state index is 11.7. The first-order valence-corrected chi connectivity index (χ1v) is 7.87. The second-order valence-corrected chi connectivity index (χ2v) is 5.92. The molecule has 22 heavy (non-hydrogen) atoms. The fourth-order valence-corrected chi connectivity index (χ4v) is 2.29. The van der Waals surface area contributed by atoms with Gasteiger partial charge < -0.3 is 5.32 Å². The van der Waals surface area contributed by atoms with Crippen LogP contribution in [0.25, 0.3) is 0 Å². The highest BCUT2D eigenvalue weighted by Crippen LogP contribution is 2.12. The molecule has 0 aromatic carbocycles. The van der Waals surface area contributed by atoms with Crippen LogP contribution in [0.15, 0.2) is 12.4 Å². The van der Waals surface area contributed by atoms with E-state index < -0.39 is 0 Å². The van der Waals surface area contributed by atoms with Gasteiger partial charge in [-0.3, -0.25) is 14.2 Å². The van der Waals surface area contributed by atoms with Gasteiger partial charge in [0.25, 0.3) is 0 Å². The molecule has 1 N–H and O–H groups in total. The van der Waals surface area contributed by atoms with E-state index in [2.05, 4.69) is 15.5 Å². The van der Waals surface area contributed by atoms with Gasteiger partial charge in [0.2, 0.25) is 5.91 Å². The third-order valence-electron chi connectivity index (χ3n) is 3.23. The van der Waals surface area contributed by atoms with Crippen LogP contribution in [-0.4, -0.2) is 32.0 Å². The maximum Gasteiger partial charge on any atom is 0.221 e. The summed E-state index contributed by atoms with van der Waals surface area (Å²) in [4.78, 5) is 11.7. The lowest BCUT2D eigenvalue weighted by Crippen LogP contribution is -2.26. The first-order chi connectivity index (χ1) is 10.5. The van der Waals surface area contributed by atoms with Gasteiger partial charge >= 0.3 is 0 Å². The Hall–Kier alpha value is -1.53. The molecule has 0 aliphatic carbocycles. The van der Waals surface area contributed by atoms with Crippen molar-refractivity contribution in [3.8, 4) is 0 Å². The fourth-order valence-electron chi connectivity index (χ4n) is 1.99. The standard InChI is InChI=1S/C14H19Cl2N5O/c1-10-12(15)8-20(18-10)6-3-5-17-14(22)4-7-21-9-13(16)11(2)19-21/h8-9H,3-7H2,1-2H3,(H,17,22). The van der Waals surface area contributed by atoms with Crippen LogP contribution in [0.3, 0.4) is 0 Å². The summed E-state index contributed by atoms with van der Waals surface area (Å²) in [5.41, 5.74) is 1.59. The molecule has 0 saturated heterocycles. The molecule has 0 aliphatic heterocycles. The second-order valence-electron chi connectivity index (χ2n) is 5.10. The van der Waals surface area contributed by atoms with E-state index in [1.165, 1.54) is 0 Å². The summed E-state index contributed by atoms with van der Waals surface area (Å²) in [5.74, 6) is -0.000969. The number of aromatic nitrogens is 4. The third-order valence-corrected chi connectivity index (χ3v) is 3.97. The van der Waals surface area contributed by atoms with Crippen molar-refractivity contribution in [2.75, 3.05) is 6.54 Å². The quantitative estimate of drug-likeness (QED) is 0.786. The molecule has 0 atom stereocenters. The predicted octanol–water partition coefficient (Wildman–Crippen LogP) is 2.60. The molecule has 2 aromatic heterocycles. The van der Waals surface area contributed by atoms with Gasteiger partial charge in [0.15, 0.2) is 0 Å². The zero-order valence-corrected chi connectivity index (χ0v) is 14.2. The molecule has 2 aromatic rings. The second kappa shape index (κ2) is 7.65. The van der Waals surface area contributed by atoms with Crippen molar-refractivity contribution < 1.29 is 4.79 Å². The van der Waals surface area contributed by atoms with E-state index in [4.69, 9.17) is 23.2 Å². The number of halogens is 2. The fraction of sp³-hybridized carbons (Fsp3) is 0.500. The Morgan fingerprint density at radius 3 is 2.14 bits per heavy atom. The smallest absolute Gasteiger partial charge is 0.221 e. The van der Waals surface area contributed by atoms with Gasteiger partial charge in [0, 0.05) is 38.4 Å². The monoisotopic (exact) mass is 343 g/mol. The topological polar surface area (TPSA) is 64.7 Å². The van der Waals surface area contributed by atoms with Gasteiger partial charge in [-0.1, -0.05) is 23.2 Å². The minimum Gasteiger partial charge on any atom is -0.356 e. The van der Waals surface area contributed by atoms with E-state index in [0.717, 1.165) is 24.4 Å². The van der Waals surface area contributed by atoms with Gasteiger partial charge in [-0.2, -0.15) is 10.2 Å². The van der Waals surface area contributed by atoms with Gasteiger partial charge in [0.05, 0.1) is 21.4 Å². The van der Waals surface area contributed by atoms with Crippen LogP contribution in [0.4, 0.5) is 0 Å². The number of carbonyl (C=O) groups excluding carboxylic acids is 1. The molecule has 1 amide bonds. The lowest BCUT2D eigenvalue weighted by atomic mass is 10.3. The van der Waals surface area contributed by atoms with Crippen molar-refractivity contribution >= 4 is 29.1 Å². The Labute approximate surface area is 139 Å². The summed E-state index contributed by atoms with van der Waals surface area (Å²) < 4.78 is 3.48. The minimum atomic E-state index is -0.000969. The number of hydrogen-bond acceptors (Lipinski definition) is 3. The Kier molecular flexibility index (Phi) is 5.85. The largest absolute Gasteiger partial charge is 0.356 e. The first-order valence-electron chi connectivity index (χ1n) is 7.11. The van der Waals surface area contributed by atoms with Crippen LogP contribution < -0.4 is 5.32 Å². The molecule has 0 aliphatic rings. The predicted molar refractivity (Wildman–Crippen MR) is 86.2 cm³/mol. The maximum absolute atomic E-state index is 11.7. The molecule has 8 heteroatoms. The Morgan fingerprint density at radius 2 is 1.64 bits per heavy atom. The molecule has 2 rings (SSSR count). The van der Waals surface area contributed by atoms with Crippen LogP contribution in [0.2, 0.25) is 10.0 Å². The van der Waals surface area contributed by atoms with E-state index >= 15 is 0 Å². The SMILES string of the molecule is Cc1nn(CCCNC(=O)CCn2cc(Cl)c(C)n2)cc1Cl. The molecular formula is C14H19Cl2N5O. The lowest BCUT2D eigenvalue weighted by Gasteiger charge is -2.05. The molecule has 2 heterocycles. The first kappa shape index (κ1) is 16.8. The lowest BCUT2D eigenvalue weighted by molar-refractivity contribution is -0.121. The van der Waals surface area contributed by atoms with Crippen molar-refractivity contribution in [3.05, 3.63) is 33.8 Å². The van der Waals surface area contributed by atoms with Crippen molar-refractivity contribution in [3.63, 3.8) is 0 Å². The highest BCUT2D eigenvalue weighted by atomic mass is 35.5. The van der Waals surface area contributed by atoms with E-state index in [1.54, 1.807) is 21.8 Å². The third kappa shape index (κ3) is 4.74. The van der Waals surface area contributed by atoms with E-state index in [0.29, 0.717) is 29.6 Å². The zero-order valence-electron chi connectivity index (χ0n) is 12.6. The molecule has 6 nitrogen and oxygen atoms in total. The average molecular weight is 344 g/mol. The average Bonchev–Trinajstić information content (AvgIpc) is 2.96. The Bertz CT molecular complexity index is 611. The molecule has 0 radical (unpaired) electrons. The number of rotatable bonds is 7. The minimum absolute atomic E-state index is 0.000969. The van der Waals surface area contributed by atoms with E-state index in [9.17, 15) is 4.79 Å². The van der Waals surface area contributed by atoms with E-state index in [-0.39, 0.29) is 5.91 Å². The Morgan fingerprint density at radius 1 is 1.09 bits per heavy atom. The van der Waals surface area contributed by atoms with Gasteiger partial charge in [-0.25, -0.2) is 0 Å². The summed E-state index contributed by atoms with van der Waals surface area (Å²) >= 11 is 11.9. The molecular weight excluding hydrogens is 325 g/mol. The summed E-state index contributed by atoms with van der Waals surface area (Å²) in [5, 5.41) is 12.6. The molecule has 120 valence electrons. The number of nitrogens with zero attached hydrogens (tertiary/aromatic N) is 4. The summed E-state index contributed by atoms with van der Waals surface area (Å²) in [7, 11) is 0. The van der Waals surface area contributed by atoms with Crippen molar-refractivity contribution in [2.24, 2.45) is 0 Å². The highest BCUT2D eigenvalue weighted by molar-refractivity contribution is 6.31. The van der Waals surface area contributed by atoms with Crippen LogP contribution in [-0.2, 0) is 17.9 Å². The number of nitrogens with one attached hydrogen (secondary N) is 1.